The number of nitrogens with one attached hydrogen (secondary N) is 1. The van der Waals surface area contributed by atoms with Crippen LogP contribution in [0.4, 0.5) is 0 Å². The summed E-state index contributed by atoms with van der Waals surface area (Å²) in [6, 6.07) is 1.37. The third-order valence-corrected chi connectivity index (χ3v) is 3.89. The second kappa shape index (κ2) is 6.49. The maximum atomic E-state index is 3.60. The van der Waals surface area contributed by atoms with E-state index in [1.165, 1.54) is 32.4 Å². The molecule has 2 nitrogen and oxygen atoms in total. The van der Waals surface area contributed by atoms with E-state index in [9.17, 15) is 0 Å². The number of hydrogen-bond acceptors (Lipinski definition) is 2. The molecule has 1 aliphatic heterocycles. The Hall–Kier alpha value is -0.0800. The molecular formula is C13H28N2. The van der Waals surface area contributed by atoms with E-state index in [1.807, 2.05) is 0 Å². The zero-order chi connectivity index (χ0) is 11.3. The van der Waals surface area contributed by atoms with Crippen molar-refractivity contribution in [2.45, 2.75) is 59.0 Å². The van der Waals surface area contributed by atoms with E-state index in [0.29, 0.717) is 12.1 Å². The molecule has 1 fully saturated rings. The smallest absolute Gasteiger partial charge is 0.0192 e. The first-order chi connectivity index (χ1) is 7.17. The summed E-state index contributed by atoms with van der Waals surface area (Å²) in [5.74, 6) is 0.955. The Bertz CT molecular complexity index is 170. The van der Waals surface area contributed by atoms with E-state index < -0.39 is 0 Å². The van der Waals surface area contributed by atoms with Crippen molar-refractivity contribution >= 4 is 0 Å². The highest BCUT2D eigenvalue weighted by molar-refractivity contribution is 4.80. The minimum atomic E-state index is 0.664. The number of hydrogen-bond donors (Lipinski definition) is 1. The van der Waals surface area contributed by atoms with Gasteiger partial charge in [-0.05, 0) is 39.2 Å². The SMILES string of the molecule is CCC1CCN(C(C)CNC(C)CC)C1. The Morgan fingerprint density at radius 1 is 1.33 bits per heavy atom. The Labute approximate surface area is 95.4 Å². The number of rotatable bonds is 6. The van der Waals surface area contributed by atoms with Crippen LogP contribution in [0.15, 0.2) is 0 Å². The van der Waals surface area contributed by atoms with Gasteiger partial charge >= 0.3 is 0 Å². The van der Waals surface area contributed by atoms with Crippen molar-refractivity contribution < 1.29 is 0 Å². The fourth-order valence-electron chi connectivity index (χ4n) is 2.24. The molecule has 0 aromatic rings. The quantitative estimate of drug-likeness (QED) is 0.728. The zero-order valence-corrected chi connectivity index (χ0v) is 10.9. The summed E-state index contributed by atoms with van der Waals surface area (Å²) in [6.07, 6.45) is 3.98. The summed E-state index contributed by atoms with van der Waals surface area (Å²) in [6.45, 7) is 13.0. The van der Waals surface area contributed by atoms with Crippen molar-refractivity contribution in [2.24, 2.45) is 5.92 Å². The summed E-state index contributed by atoms with van der Waals surface area (Å²) < 4.78 is 0. The molecule has 1 aliphatic rings. The van der Waals surface area contributed by atoms with Crippen molar-refractivity contribution in [1.29, 1.82) is 0 Å². The molecule has 90 valence electrons. The molecule has 2 heteroatoms. The molecule has 1 saturated heterocycles. The van der Waals surface area contributed by atoms with Crippen molar-refractivity contribution in [1.82, 2.24) is 10.2 Å². The third kappa shape index (κ3) is 4.12. The maximum Gasteiger partial charge on any atom is 0.0192 e. The summed E-state index contributed by atoms with van der Waals surface area (Å²) in [5, 5.41) is 3.60. The molecule has 1 heterocycles. The van der Waals surface area contributed by atoms with Gasteiger partial charge in [-0.15, -0.1) is 0 Å². The standard InChI is InChI=1S/C13H28N2/c1-5-11(3)14-9-12(4)15-8-7-13(6-2)10-15/h11-14H,5-10H2,1-4H3. The van der Waals surface area contributed by atoms with Gasteiger partial charge in [0, 0.05) is 25.2 Å². The summed E-state index contributed by atoms with van der Waals surface area (Å²) in [5.41, 5.74) is 0. The van der Waals surface area contributed by atoms with Crippen LogP contribution in [0.1, 0.15) is 47.0 Å². The lowest BCUT2D eigenvalue weighted by Gasteiger charge is -2.26. The van der Waals surface area contributed by atoms with Crippen molar-refractivity contribution in [3.8, 4) is 0 Å². The predicted molar refractivity (Wildman–Crippen MR) is 67.2 cm³/mol. The molecule has 0 amide bonds. The molecule has 0 aromatic carbocycles. The molecule has 0 bridgehead atoms. The summed E-state index contributed by atoms with van der Waals surface area (Å²) >= 11 is 0. The van der Waals surface area contributed by atoms with Crippen LogP contribution >= 0.6 is 0 Å². The molecule has 1 N–H and O–H groups in total. The fraction of sp³-hybridized carbons (Fsp3) is 1.00. The van der Waals surface area contributed by atoms with Crippen LogP contribution in [0, 0.1) is 5.92 Å². The predicted octanol–water partition coefficient (Wildman–Crippen LogP) is 2.49. The van der Waals surface area contributed by atoms with Crippen molar-refractivity contribution in [2.75, 3.05) is 19.6 Å². The highest BCUT2D eigenvalue weighted by Crippen LogP contribution is 2.20. The van der Waals surface area contributed by atoms with E-state index >= 15 is 0 Å². The Kier molecular flexibility index (Phi) is 5.62. The lowest BCUT2D eigenvalue weighted by atomic mass is 10.1. The van der Waals surface area contributed by atoms with Crippen LogP contribution in [0.5, 0.6) is 0 Å². The van der Waals surface area contributed by atoms with Crippen LogP contribution < -0.4 is 5.32 Å². The summed E-state index contributed by atoms with van der Waals surface area (Å²) in [4.78, 5) is 2.64. The molecule has 0 spiro atoms. The first-order valence-corrected chi connectivity index (χ1v) is 6.64. The second-order valence-corrected chi connectivity index (χ2v) is 5.12. The molecule has 3 unspecified atom stereocenters. The normalized spacial score (nSPS) is 26.8. The minimum Gasteiger partial charge on any atom is -0.313 e. The van der Waals surface area contributed by atoms with Gasteiger partial charge in [-0.3, -0.25) is 4.90 Å². The van der Waals surface area contributed by atoms with E-state index in [4.69, 9.17) is 0 Å². The highest BCUT2D eigenvalue weighted by Gasteiger charge is 2.24. The third-order valence-electron chi connectivity index (χ3n) is 3.89. The minimum absolute atomic E-state index is 0.664. The van der Waals surface area contributed by atoms with Gasteiger partial charge in [0.05, 0.1) is 0 Å². The molecule has 15 heavy (non-hydrogen) atoms. The molecule has 0 radical (unpaired) electrons. The Morgan fingerprint density at radius 3 is 2.60 bits per heavy atom. The van der Waals surface area contributed by atoms with Gasteiger partial charge in [-0.1, -0.05) is 20.3 Å². The van der Waals surface area contributed by atoms with Gasteiger partial charge in [0.15, 0.2) is 0 Å². The Balaban J connectivity index is 2.20. The van der Waals surface area contributed by atoms with Gasteiger partial charge in [-0.25, -0.2) is 0 Å². The molecule has 3 atom stereocenters. The van der Waals surface area contributed by atoms with Crippen LogP contribution in [0.25, 0.3) is 0 Å². The molecule has 1 rings (SSSR count). The van der Waals surface area contributed by atoms with Crippen LogP contribution in [-0.4, -0.2) is 36.6 Å². The van der Waals surface area contributed by atoms with Crippen LogP contribution in [-0.2, 0) is 0 Å². The van der Waals surface area contributed by atoms with Crippen molar-refractivity contribution in [3.05, 3.63) is 0 Å². The first kappa shape index (κ1) is 13.0. The molecule has 0 aromatic heterocycles. The zero-order valence-electron chi connectivity index (χ0n) is 10.9. The fourth-order valence-corrected chi connectivity index (χ4v) is 2.24. The average molecular weight is 212 g/mol. The first-order valence-electron chi connectivity index (χ1n) is 6.64. The van der Waals surface area contributed by atoms with E-state index in [1.54, 1.807) is 0 Å². The van der Waals surface area contributed by atoms with Crippen LogP contribution in [0.2, 0.25) is 0 Å². The lowest BCUT2D eigenvalue weighted by molar-refractivity contribution is 0.237. The van der Waals surface area contributed by atoms with Gasteiger partial charge in [0.2, 0.25) is 0 Å². The molecule has 0 aliphatic carbocycles. The van der Waals surface area contributed by atoms with Gasteiger partial charge in [-0.2, -0.15) is 0 Å². The number of nitrogens with zero attached hydrogens (tertiary/aromatic N) is 1. The Morgan fingerprint density at radius 2 is 2.07 bits per heavy atom. The van der Waals surface area contributed by atoms with Crippen LogP contribution in [0.3, 0.4) is 0 Å². The number of likely N-dealkylation sites (tertiary alicyclic amines) is 1. The second-order valence-electron chi connectivity index (χ2n) is 5.12. The topological polar surface area (TPSA) is 15.3 Å². The van der Waals surface area contributed by atoms with Crippen molar-refractivity contribution in [3.63, 3.8) is 0 Å². The monoisotopic (exact) mass is 212 g/mol. The van der Waals surface area contributed by atoms with E-state index in [2.05, 4.69) is 37.9 Å². The molecular weight excluding hydrogens is 184 g/mol. The van der Waals surface area contributed by atoms with Gasteiger partial charge in [0.1, 0.15) is 0 Å². The summed E-state index contributed by atoms with van der Waals surface area (Å²) in [7, 11) is 0. The lowest BCUT2D eigenvalue weighted by Crippen LogP contribution is -2.41. The molecule has 0 saturated carbocycles. The van der Waals surface area contributed by atoms with E-state index in [-0.39, 0.29) is 0 Å². The van der Waals surface area contributed by atoms with Gasteiger partial charge in [0.25, 0.3) is 0 Å². The largest absolute Gasteiger partial charge is 0.313 e. The highest BCUT2D eigenvalue weighted by atomic mass is 15.2. The maximum absolute atomic E-state index is 3.60. The van der Waals surface area contributed by atoms with Gasteiger partial charge < -0.3 is 5.32 Å². The average Bonchev–Trinajstić information content (AvgIpc) is 2.73. The van der Waals surface area contributed by atoms with E-state index in [0.717, 1.165) is 12.5 Å².